The second-order valence-corrected chi connectivity index (χ2v) is 4.36. The topological polar surface area (TPSA) is 55.7 Å². The molecule has 0 heterocycles. The molecule has 1 aliphatic rings. The van der Waals surface area contributed by atoms with E-state index in [1.165, 1.54) is 12.2 Å². The third-order valence-corrected chi connectivity index (χ3v) is 2.72. The Balaban J connectivity index is 2.07. The lowest BCUT2D eigenvalue weighted by atomic mass is 10.1. The highest BCUT2D eigenvalue weighted by Crippen LogP contribution is 2.11. The number of rotatable bonds is 2. The van der Waals surface area contributed by atoms with Gasteiger partial charge >= 0.3 is 5.97 Å². The maximum atomic E-state index is 11.7. The maximum Gasteiger partial charge on any atom is 0.365 e. The highest BCUT2D eigenvalue weighted by Gasteiger charge is 2.10. The number of carbonyl (C=O) groups excluding carboxylic acids is 2. The smallest absolute Gasteiger partial charge is 0.312 e. The lowest BCUT2D eigenvalue weighted by molar-refractivity contribution is -0.111. The van der Waals surface area contributed by atoms with Gasteiger partial charge < -0.3 is 4.84 Å². The van der Waals surface area contributed by atoms with Gasteiger partial charge in [-0.1, -0.05) is 16.8 Å². The van der Waals surface area contributed by atoms with E-state index in [0.29, 0.717) is 21.9 Å². The van der Waals surface area contributed by atoms with Crippen molar-refractivity contribution in [2.24, 2.45) is 5.16 Å². The Kier molecular flexibility index (Phi) is 3.92. The van der Waals surface area contributed by atoms with Crippen molar-refractivity contribution >= 4 is 29.1 Å². The molecule has 1 aromatic carbocycles. The summed E-state index contributed by atoms with van der Waals surface area (Å²) in [6.45, 7) is 1.67. The van der Waals surface area contributed by atoms with E-state index in [1.807, 2.05) is 0 Å². The van der Waals surface area contributed by atoms with Crippen LogP contribution in [0.2, 0.25) is 5.02 Å². The van der Waals surface area contributed by atoms with Crippen molar-refractivity contribution in [3.8, 4) is 0 Å². The van der Waals surface area contributed by atoms with Crippen molar-refractivity contribution in [2.45, 2.75) is 6.92 Å². The summed E-state index contributed by atoms with van der Waals surface area (Å²) in [5.74, 6) is -0.663. The second-order valence-electron chi connectivity index (χ2n) is 3.93. The molecule has 0 N–H and O–H groups in total. The monoisotopic (exact) mass is 275 g/mol. The second kappa shape index (κ2) is 5.63. The first-order chi connectivity index (χ1) is 9.06. The summed E-state index contributed by atoms with van der Waals surface area (Å²) in [5, 5.41) is 4.22. The Morgan fingerprint density at radius 2 is 1.89 bits per heavy atom. The zero-order valence-electron chi connectivity index (χ0n) is 10.1. The molecule has 2 rings (SSSR count). The Labute approximate surface area is 115 Å². The van der Waals surface area contributed by atoms with E-state index in [0.717, 1.165) is 0 Å². The minimum Gasteiger partial charge on any atom is -0.312 e. The van der Waals surface area contributed by atoms with Crippen LogP contribution in [0, 0.1) is 0 Å². The lowest BCUT2D eigenvalue weighted by Gasteiger charge is -2.03. The van der Waals surface area contributed by atoms with Crippen LogP contribution in [-0.2, 0) is 9.63 Å². The summed E-state index contributed by atoms with van der Waals surface area (Å²) in [6, 6.07) is 6.28. The summed E-state index contributed by atoms with van der Waals surface area (Å²) in [4.78, 5) is 27.7. The Hall–Kier alpha value is -2.20. The van der Waals surface area contributed by atoms with E-state index >= 15 is 0 Å². The van der Waals surface area contributed by atoms with Gasteiger partial charge in [-0.3, -0.25) is 4.79 Å². The molecule has 1 aromatic rings. The quantitative estimate of drug-likeness (QED) is 0.474. The van der Waals surface area contributed by atoms with Gasteiger partial charge in [-0.05, 0) is 55.0 Å². The molecule has 0 aromatic heterocycles. The number of oxime groups is 1. The summed E-state index contributed by atoms with van der Waals surface area (Å²) >= 11 is 5.72. The molecule has 0 bridgehead atoms. The summed E-state index contributed by atoms with van der Waals surface area (Å²) < 4.78 is 0. The van der Waals surface area contributed by atoms with Crippen LogP contribution in [0.1, 0.15) is 17.3 Å². The summed E-state index contributed by atoms with van der Waals surface area (Å²) in [7, 11) is 0. The average molecular weight is 276 g/mol. The Morgan fingerprint density at radius 3 is 2.53 bits per heavy atom. The zero-order valence-corrected chi connectivity index (χ0v) is 10.8. The third-order valence-electron chi connectivity index (χ3n) is 2.47. The molecule has 0 unspecified atom stereocenters. The molecule has 0 saturated heterocycles. The van der Waals surface area contributed by atoms with E-state index in [-0.39, 0.29) is 5.78 Å². The molecule has 0 spiro atoms. The van der Waals surface area contributed by atoms with Crippen molar-refractivity contribution < 1.29 is 14.4 Å². The minimum atomic E-state index is -0.583. The fourth-order valence-electron chi connectivity index (χ4n) is 1.42. The highest BCUT2D eigenvalue weighted by molar-refractivity contribution is 6.30. The molecular weight excluding hydrogens is 266 g/mol. The van der Waals surface area contributed by atoms with E-state index < -0.39 is 5.97 Å². The SMILES string of the molecule is CC1=C/C(=N\OC(=O)c2ccc(Cl)cc2)C=CC1=O. The molecule has 1 aliphatic carbocycles. The van der Waals surface area contributed by atoms with E-state index in [2.05, 4.69) is 5.16 Å². The number of nitrogens with zero attached hydrogens (tertiary/aromatic N) is 1. The molecule has 0 atom stereocenters. The number of hydrogen-bond donors (Lipinski definition) is 0. The molecule has 19 heavy (non-hydrogen) atoms. The maximum absolute atomic E-state index is 11.7. The van der Waals surface area contributed by atoms with Crippen molar-refractivity contribution in [3.63, 3.8) is 0 Å². The standard InChI is InChI=1S/C14H10ClNO3/c1-9-8-12(6-7-13(9)17)16-19-14(18)10-2-4-11(15)5-3-10/h2-8H,1H3/b16-12-. The van der Waals surface area contributed by atoms with Gasteiger partial charge in [-0.15, -0.1) is 0 Å². The number of hydrogen-bond acceptors (Lipinski definition) is 4. The Bertz CT molecular complexity index is 612. The molecule has 96 valence electrons. The Morgan fingerprint density at radius 1 is 1.21 bits per heavy atom. The minimum absolute atomic E-state index is 0.0806. The molecular formula is C14H10ClNO3. The van der Waals surface area contributed by atoms with Gasteiger partial charge in [0.05, 0.1) is 5.56 Å². The summed E-state index contributed by atoms with van der Waals surface area (Å²) in [5.41, 5.74) is 1.31. The molecule has 0 amide bonds. The zero-order chi connectivity index (χ0) is 13.8. The molecule has 0 saturated carbocycles. The third kappa shape index (κ3) is 3.39. The van der Waals surface area contributed by atoms with Crippen LogP contribution in [0.5, 0.6) is 0 Å². The van der Waals surface area contributed by atoms with Crippen LogP contribution in [0.4, 0.5) is 0 Å². The van der Waals surface area contributed by atoms with Gasteiger partial charge in [0, 0.05) is 5.02 Å². The predicted octanol–water partition coefficient (Wildman–Crippen LogP) is 2.94. The molecule has 0 fully saturated rings. The van der Waals surface area contributed by atoms with Crippen molar-refractivity contribution in [3.05, 3.63) is 58.7 Å². The van der Waals surface area contributed by atoms with E-state index in [1.54, 1.807) is 37.3 Å². The normalized spacial score (nSPS) is 16.4. The van der Waals surface area contributed by atoms with Gasteiger partial charge in [0.2, 0.25) is 0 Å². The van der Waals surface area contributed by atoms with E-state index in [4.69, 9.17) is 16.4 Å². The summed E-state index contributed by atoms with van der Waals surface area (Å²) in [6.07, 6.45) is 4.42. The van der Waals surface area contributed by atoms with Crippen LogP contribution in [0.25, 0.3) is 0 Å². The fourth-order valence-corrected chi connectivity index (χ4v) is 1.55. The molecule has 0 aliphatic heterocycles. The largest absolute Gasteiger partial charge is 0.365 e. The number of allylic oxidation sites excluding steroid dienone is 4. The van der Waals surface area contributed by atoms with Crippen molar-refractivity contribution in [2.75, 3.05) is 0 Å². The van der Waals surface area contributed by atoms with E-state index in [9.17, 15) is 9.59 Å². The number of carbonyl (C=O) groups is 2. The highest BCUT2D eigenvalue weighted by atomic mass is 35.5. The lowest BCUT2D eigenvalue weighted by Crippen LogP contribution is -2.07. The van der Waals surface area contributed by atoms with Crippen LogP contribution < -0.4 is 0 Å². The fraction of sp³-hybridized carbons (Fsp3) is 0.0714. The molecule has 0 radical (unpaired) electrons. The molecule has 5 heteroatoms. The van der Waals surface area contributed by atoms with Crippen molar-refractivity contribution in [1.29, 1.82) is 0 Å². The van der Waals surface area contributed by atoms with Gasteiger partial charge in [0.1, 0.15) is 5.71 Å². The van der Waals surface area contributed by atoms with Gasteiger partial charge in [0.15, 0.2) is 5.78 Å². The first kappa shape index (κ1) is 13.2. The van der Waals surface area contributed by atoms with Crippen LogP contribution in [-0.4, -0.2) is 17.5 Å². The number of ketones is 1. The predicted molar refractivity (Wildman–Crippen MR) is 72.2 cm³/mol. The van der Waals surface area contributed by atoms with Crippen LogP contribution in [0.3, 0.4) is 0 Å². The number of halogens is 1. The van der Waals surface area contributed by atoms with Gasteiger partial charge in [-0.2, -0.15) is 0 Å². The molecule has 4 nitrogen and oxygen atoms in total. The van der Waals surface area contributed by atoms with Gasteiger partial charge in [0.25, 0.3) is 0 Å². The van der Waals surface area contributed by atoms with Crippen LogP contribution in [0.15, 0.2) is 53.2 Å². The van der Waals surface area contributed by atoms with Crippen LogP contribution >= 0.6 is 11.6 Å². The van der Waals surface area contributed by atoms with Crippen molar-refractivity contribution in [1.82, 2.24) is 0 Å². The van der Waals surface area contributed by atoms with Gasteiger partial charge in [-0.25, -0.2) is 4.79 Å². The average Bonchev–Trinajstić information content (AvgIpc) is 2.40. The number of benzene rings is 1. The first-order valence-corrected chi connectivity index (χ1v) is 5.89. The first-order valence-electron chi connectivity index (χ1n) is 5.52.